The average Bonchev–Trinajstić information content (AvgIpc) is 2.93. The zero-order valence-electron chi connectivity index (χ0n) is 8.63. The summed E-state index contributed by atoms with van der Waals surface area (Å²) >= 11 is 12.0. The lowest BCUT2D eigenvalue weighted by Crippen LogP contribution is -2.29. The number of benzene rings is 1. The van der Waals surface area contributed by atoms with Crippen LogP contribution in [-0.2, 0) is 6.42 Å². The first-order valence-corrected chi connectivity index (χ1v) is 5.91. The van der Waals surface area contributed by atoms with Crippen LogP contribution >= 0.6 is 23.2 Å². The van der Waals surface area contributed by atoms with Gasteiger partial charge >= 0.3 is 0 Å². The summed E-state index contributed by atoms with van der Waals surface area (Å²) in [5.74, 6) is 0.424. The average molecular weight is 245 g/mol. The van der Waals surface area contributed by atoms with Crippen LogP contribution in [0.5, 0.6) is 0 Å². The van der Waals surface area contributed by atoms with Gasteiger partial charge in [0.25, 0.3) is 0 Å². The molecule has 2 rings (SSSR count). The third kappa shape index (κ3) is 2.66. The van der Waals surface area contributed by atoms with E-state index < -0.39 is 5.60 Å². The summed E-state index contributed by atoms with van der Waals surface area (Å²) in [5.41, 5.74) is 0.287. The number of halogens is 2. The van der Waals surface area contributed by atoms with Crippen LogP contribution in [0, 0.1) is 5.92 Å². The smallest absolute Gasteiger partial charge is 0.0688 e. The Kier molecular flexibility index (Phi) is 2.98. The van der Waals surface area contributed by atoms with Crippen LogP contribution in [0.15, 0.2) is 18.2 Å². The lowest BCUT2D eigenvalue weighted by atomic mass is 9.92. The van der Waals surface area contributed by atoms with E-state index in [1.807, 2.05) is 13.0 Å². The molecular formula is C12H14Cl2O. The molecule has 0 heterocycles. The topological polar surface area (TPSA) is 20.2 Å². The van der Waals surface area contributed by atoms with Crippen molar-refractivity contribution in [2.45, 2.75) is 31.8 Å². The van der Waals surface area contributed by atoms with Crippen LogP contribution in [0.1, 0.15) is 25.3 Å². The van der Waals surface area contributed by atoms with Crippen molar-refractivity contribution in [1.82, 2.24) is 0 Å². The van der Waals surface area contributed by atoms with Crippen molar-refractivity contribution in [3.63, 3.8) is 0 Å². The number of rotatable bonds is 3. The van der Waals surface area contributed by atoms with Gasteiger partial charge in [0.05, 0.1) is 5.60 Å². The Morgan fingerprint density at radius 1 is 1.40 bits per heavy atom. The summed E-state index contributed by atoms with van der Waals surface area (Å²) in [6.45, 7) is 1.88. The molecule has 3 heteroatoms. The fourth-order valence-electron chi connectivity index (χ4n) is 1.91. The zero-order chi connectivity index (χ0) is 11.1. The predicted molar refractivity (Wildman–Crippen MR) is 63.5 cm³/mol. The van der Waals surface area contributed by atoms with Gasteiger partial charge in [0, 0.05) is 16.5 Å². The molecule has 1 aromatic carbocycles. The van der Waals surface area contributed by atoms with Gasteiger partial charge < -0.3 is 5.11 Å². The molecule has 0 aliphatic heterocycles. The SMILES string of the molecule is CC(O)(Cc1cc(Cl)ccc1Cl)C1CC1. The first-order chi connectivity index (χ1) is 6.99. The summed E-state index contributed by atoms with van der Waals surface area (Å²) < 4.78 is 0. The minimum absolute atomic E-state index is 0.424. The molecule has 1 fully saturated rings. The quantitative estimate of drug-likeness (QED) is 0.860. The summed E-state index contributed by atoms with van der Waals surface area (Å²) in [7, 11) is 0. The Morgan fingerprint density at radius 3 is 2.67 bits per heavy atom. The van der Waals surface area contributed by atoms with E-state index in [1.54, 1.807) is 12.1 Å². The van der Waals surface area contributed by atoms with Gasteiger partial charge in [-0.05, 0) is 49.4 Å². The minimum Gasteiger partial charge on any atom is -0.390 e. The minimum atomic E-state index is -0.645. The molecule has 1 saturated carbocycles. The molecule has 0 bridgehead atoms. The van der Waals surface area contributed by atoms with Gasteiger partial charge in [0.15, 0.2) is 0 Å². The van der Waals surface area contributed by atoms with E-state index in [9.17, 15) is 5.11 Å². The van der Waals surface area contributed by atoms with Crippen molar-refractivity contribution in [2.75, 3.05) is 0 Å². The maximum atomic E-state index is 10.2. The van der Waals surface area contributed by atoms with E-state index in [4.69, 9.17) is 23.2 Å². The van der Waals surface area contributed by atoms with Crippen LogP contribution in [0.2, 0.25) is 10.0 Å². The van der Waals surface area contributed by atoms with E-state index in [0.717, 1.165) is 18.4 Å². The third-order valence-electron chi connectivity index (χ3n) is 3.01. The Balaban J connectivity index is 2.19. The molecule has 0 aromatic heterocycles. The summed E-state index contributed by atoms with van der Waals surface area (Å²) in [6.07, 6.45) is 2.81. The lowest BCUT2D eigenvalue weighted by Gasteiger charge is -2.23. The third-order valence-corrected chi connectivity index (χ3v) is 3.62. The molecule has 0 spiro atoms. The zero-order valence-corrected chi connectivity index (χ0v) is 10.1. The second kappa shape index (κ2) is 3.97. The fraction of sp³-hybridized carbons (Fsp3) is 0.500. The Labute approximate surface area is 100 Å². The molecule has 1 aliphatic rings. The first-order valence-electron chi connectivity index (χ1n) is 5.15. The molecule has 1 atom stereocenters. The molecule has 15 heavy (non-hydrogen) atoms. The van der Waals surface area contributed by atoms with Gasteiger partial charge in [-0.15, -0.1) is 0 Å². The van der Waals surface area contributed by atoms with E-state index in [0.29, 0.717) is 22.4 Å². The standard InChI is InChI=1S/C12H14Cl2O/c1-12(15,9-2-3-9)7-8-6-10(13)4-5-11(8)14/h4-6,9,15H,2-3,7H2,1H3. The van der Waals surface area contributed by atoms with Gasteiger partial charge in [-0.1, -0.05) is 23.2 Å². The van der Waals surface area contributed by atoms with Crippen molar-refractivity contribution in [2.24, 2.45) is 5.92 Å². The van der Waals surface area contributed by atoms with Crippen LogP contribution in [0.4, 0.5) is 0 Å². The number of aliphatic hydroxyl groups is 1. The number of hydrogen-bond acceptors (Lipinski definition) is 1. The van der Waals surface area contributed by atoms with E-state index in [2.05, 4.69) is 0 Å². The largest absolute Gasteiger partial charge is 0.390 e. The second-order valence-electron chi connectivity index (χ2n) is 4.54. The lowest BCUT2D eigenvalue weighted by molar-refractivity contribution is 0.0372. The summed E-state index contributed by atoms with van der Waals surface area (Å²) in [6, 6.07) is 5.38. The maximum absolute atomic E-state index is 10.2. The van der Waals surface area contributed by atoms with Gasteiger partial charge in [-0.3, -0.25) is 0 Å². The van der Waals surface area contributed by atoms with Crippen molar-refractivity contribution in [3.05, 3.63) is 33.8 Å². The highest BCUT2D eigenvalue weighted by Crippen LogP contribution is 2.42. The van der Waals surface area contributed by atoms with E-state index >= 15 is 0 Å². The molecule has 82 valence electrons. The highest BCUT2D eigenvalue weighted by Gasteiger charge is 2.40. The van der Waals surface area contributed by atoms with E-state index in [1.165, 1.54) is 0 Å². The Morgan fingerprint density at radius 2 is 2.07 bits per heavy atom. The number of hydrogen-bond donors (Lipinski definition) is 1. The molecular weight excluding hydrogens is 231 g/mol. The molecule has 1 N–H and O–H groups in total. The normalized spacial score (nSPS) is 20.0. The highest BCUT2D eigenvalue weighted by atomic mass is 35.5. The second-order valence-corrected chi connectivity index (χ2v) is 5.39. The summed E-state index contributed by atoms with van der Waals surface area (Å²) in [5, 5.41) is 11.6. The van der Waals surface area contributed by atoms with Crippen LogP contribution < -0.4 is 0 Å². The molecule has 0 radical (unpaired) electrons. The van der Waals surface area contributed by atoms with Crippen LogP contribution in [0.3, 0.4) is 0 Å². The Hall–Kier alpha value is -0.240. The fourth-order valence-corrected chi connectivity index (χ4v) is 2.29. The predicted octanol–water partition coefficient (Wildman–Crippen LogP) is 3.70. The van der Waals surface area contributed by atoms with Gasteiger partial charge in [-0.2, -0.15) is 0 Å². The monoisotopic (exact) mass is 244 g/mol. The summed E-state index contributed by atoms with van der Waals surface area (Å²) in [4.78, 5) is 0. The highest BCUT2D eigenvalue weighted by molar-refractivity contribution is 6.33. The maximum Gasteiger partial charge on any atom is 0.0688 e. The van der Waals surface area contributed by atoms with Gasteiger partial charge in [0.1, 0.15) is 0 Å². The van der Waals surface area contributed by atoms with Crippen molar-refractivity contribution >= 4 is 23.2 Å². The van der Waals surface area contributed by atoms with Gasteiger partial charge in [0.2, 0.25) is 0 Å². The molecule has 1 aromatic rings. The first kappa shape index (κ1) is 11.3. The van der Waals surface area contributed by atoms with Crippen LogP contribution in [0.25, 0.3) is 0 Å². The van der Waals surface area contributed by atoms with Crippen molar-refractivity contribution < 1.29 is 5.11 Å². The molecule has 1 unspecified atom stereocenters. The van der Waals surface area contributed by atoms with Crippen molar-refractivity contribution in [3.8, 4) is 0 Å². The van der Waals surface area contributed by atoms with Crippen LogP contribution in [-0.4, -0.2) is 10.7 Å². The molecule has 0 amide bonds. The Bertz CT molecular complexity index is 370. The molecule has 1 nitrogen and oxygen atoms in total. The van der Waals surface area contributed by atoms with Gasteiger partial charge in [-0.25, -0.2) is 0 Å². The van der Waals surface area contributed by atoms with E-state index in [-0.39, 0.29) is 0 Å². The molecule has 0 saturated heterocycles. The van der Waals surface area contributed by atoms with Crippen molar-refractivity contribution in [1.29, 1.82) is 0 Å². The molecule has 1 aliphatic carbocycles.